The molecule has 3 saturated heterocycles. The van der Waals surface area contributed by atoms with Gasteiger partial charge in [0.05, 0.1) is 23.9 Å². The van der Waals surface area contributed by atoms with Crippen LogP contribution < -0.4 is 15.0 Å². The molecule has 4 fully saturated rings. The minimum atomic E-state index is -0.722. The molecule has 3 aromatic carbocycles. The summed E-state index contributed by atoms with van der Waals surface area (Å²) in [6.07, 6.45) is 10.9. The Bertz CT molecular complexity index is 1890. The summed E-state index contributed by atoms with van der Waals surface area (Å²) in [5, 5.41) is 15.5. The highest BCUT2D eigenvalue weighted by Gasteiger charge is 2.45. The molecule has 2 N–H and O–H groups in total. The monoisotopic (exact) mass is 645 g/mol. The van der Waals surface area contributed by atoms with E-state index in [0.29, 0.717) is 55.1 Å². The summed E-state index contributed by atoms with van der Waals surface area (Å²) < 4.78 is 43.8. The first-order valence-corrected chi connectivity index (χ1v) is 16.2. The van der Waals surface area contributed by atoms with Crippen LogP contribution in [0, 0.1) is 29.4 Å². The number of rotatable bonds is 7. The molecule has 2 unspecified atom stereocenters. The fourth-order valence-corrected chi connectivity index (χ4v) is 7.73. The van der Waals surface area contributed by atoms with Crippen LogP contribution in [0.1, 0.15) is 37.7 Å². The molecule has 1 saturated carbocycles. The summed E-state index contributed by atoms with van der Waals surface area (Å²) in [7, 11) is 0. The van der Waals surface area contributed by atoms with E-state index >= 15 is 4.39 Å². The maximum atomic E-state index is 17.0. The Labute approximate surface area is 270 Å². The number of terminal acetylenes is 1. The molecule has 0 amide bonds. The van der Waals surface area contributed by atoms with Gasteiger partial charge >= 0.3 is 6.01 Å². The molecule has 2 bridgehead atoms. The smallest absolute Gasteiger partial charge is 0.319 e. The molecule has 4 aliphatic rings. The van der Waals surface area contributed by atoms with Gasteiger partial charge in [-0.15, -0.1) is 6.42 Å². The average molecular weight is 646 g/mol. The normalized spacial score (nSPS) is 22.3. The number of halogens is 3. The molecule has 1 aromatic heterocycles. The maximum absolute atomic E-state index is 17.0. The highest BCUT2D eigenvalue weighted by molar-refractivity contribution is 6.35. The van der Waals surface area contributed by atoms with E-state index in [2.05, 4.69) is 26.0 Å². The van der Waals surface area contributed by atoms with Gasteiger partial charge in [-0.3, -0.25) is 4.90 Å². The van der Waals surface area contributed by atoms with Crippen molar-refractivity contribution in [3.05, 3.63) is 52.6 Å². The van der Waals surface area contributed by atoms with Crippen LogP contribution in [-0.4, -0.2) is 78.2 Å². The number of aromatic nitrogens is 2. The third-order valence-electron chi connectivity index (χ3n) is 9.88. The number of aromatic hydroxyl groups is 1. The summed E-state index contributed by atoms with van der Waals surface area (Å²) in [6, 6.07) is 7.91. The lowest BCUT2D eigenvalue weighted by Crippen LogP contribution is -2.51. The third-order valence-corrected chi connectivity index (χ3v) is 10.2. The third kappa shape index (κ3) is 5.29. The molecule has 8 rings (SSSR count). The Morgan fingerprint density at radius 1 is 1.15 bits per heavy atom. The van der Waals surface area contributed by atoms with E-state index in [-0.39, 0.29) is 49.8 Å². The molecular weight excluding hydrogens is 612 g/mol. The summed E-state index contributed by atoms with van der Waals surface area (Å²) in [5.41, 5.74) is 0.121. The van der Waals surface area contributed by atoms with Gasteiger partial charge in [-0.2, -0.15) is 9.97 Å². The highest BCUT2D eigenvalue weighted by atomic mass is 35.5. The summed E-state index contributed by atoms with van der Waals surface area (Å²) in [4.78, 5) is 14.0. The van der Waals surface area contributed by atoms with Gasteiger partial charge in [-0.05, 0) is 67.3 Å². The van der Waals surface area contributed by atoms with Crippen LogP contribution in [0.25, 0.3) is 32.8 Å². The number of phenols is 1. The van der Waals surface area contributed by atoms with Crippen LogP contribution in [0.15, 0.2) is 30.3 Å². The number of ether oxygens (including phenoxy) is 2. The van der Waals surface area contributed by atoms with Crippen molar-refractivity contribution in [1.82, 2.24) is 20.2 Å². The zero-order chi connectivity index (χ0) is 31.6. The molecule has 1 aliphatic carbocycles. The van der Waals surface area contributed by atoms with Crippen LogP contribution in [0.3, 0.4) is 0 Å². The fourth-order valence-electron chi connectivity index (χ4n) is 7.44. The van der Waals surface area contributed by atoms with Crippen molar-refractivity contribution in [2.75, 3.05) is 51.0 Å². The molecule has 8 nitrogen and oxygen atoms in total. The number of fused-ring (bicyclic) bond motifs is 4. The van der Waals surface area contributed by atoms with Gasteiger partial charge in [-0.1, -0.05) is 23.6 Å². The number of benzene rings is 3. The lowest BCUT2D eigenvalue weighted by molar-refractivity contribution is -0.0264. The minimum absolute atomic E-state index is 0.0206. The van der Waals surface area contributed by atoms with Gasteiger partial charge in [0, 0.05) is 66.6 Å². The number of anilines is 1. The molecular formula is C35H34ClF2N5O3. The van der Waals surface area contributed by atoms with E-state index in [1.807, 2.05) is 0 Å². The topological polar surface area (TPSA) is 83.0 Å². The van der Waals surface area contributed by atoms with Gasteiger partial charge in [-0.25, -0.2) is 8.78 Å². The lowest BCUT2D eigenvalue weighted by Gasteiger charge is -2.34. The van der Waals surface area contributed by atoms with Crippen molar-refractivity contribution >= 4 is 39.1 Å². The van der Waals surface area contributed by atoms with Gasteiger partial charge in [0.1, 0.15) is 22.9 Å². The van der Waals surface area contributed by atoms with Gasteiger partial charge in [0.2, 0.25) is 0 Å². The second-order valence-corrected chi connectivity index (χ2v) is 13.6. The number of hydrogen-bond acceptors (Lipinski definition) is 8. The van der Waals surface area contributed by atoms with Gasteiger partial charge in [0.15, 0.2) is 5.82 Å². The second-order valence-electron chi connectivity index (χ2n) is 13.2. The second kappa shape index (κ2) is 11.5. The van der Waals surface area contributed by atoms with Crippen LogP contribution >= 0.6 is 11.6 Å². The highest BCUT2D eigenvalue weighted by Crippen LogP contribution is 2.47. The van der Waals surface area contributed by atoms with Crippen molar-refractivity contribution in [2.24, 2.45) is 5.41 Å². The largest absolute Gasteiger partial charge is 0.508 e. The molecule has 238 valence electrons. The Hall–Kier alpha value is -3.75. The fraction of sp³-hybridized carbons (Fsp3) is 0.429. The quantitative estimate of drug-likeness (QED) is 0.243. The maximum Gasteiger partial charge on any atom is 0.319 e. The lowest BCUT2D eigenvalue weighted by atomic mass is 9.93. The molecule has 3 aliphatic heterocycles. The molecule has 4 heterocycles. The molecule has 0 radical (unpaired) electrons. The molecule has 2 atom stereocenters. The molecule has 11 heteroatoms. The summed E-state index contributed by atoms with van der Waals surface area (Å²) >= 11 is 6.87. The predicted molar refractivity (Wildman–Crippen MR) is 173 cm³/mol. The average Bonchev–Trinajstić information content (AvgIpc) is 3.73. The number of hydrogen-bond donors (Lipinski definition) is 2. The first-order chi connectivity index (χ1) is 22.3. The Kier molecular flexibility index (Phi) is 7.41. The zero-order valence-electron chi connectivity index (χ0n) is 25.3. The van der Waals surface area contributed by atoms with Crippen molar-refractivity contribution in [2.45, 2.75) is 44.2 Å². The standard InChI is InChI=1S/C35H34ClF2N5O3/c1-2-24-28(37)7-4-20-12-23(44)13-25(29(20)24)30-27(36)14-26-32(31(30)38)40-34(41-33(26)43-15-21-5-6-22(16-43)39-21)46-18-35(8-9-35)17-42-10-3-11-45-19-42/h1,4,7,12-14,21-22,39,44H,3,5-6,8-11,15-19H2. The van der Waals surface area contributed by atoms with Crippen LogP contribution in [0.5, 0.6) is 11.8 Å². The predicted octanol–water partition coefficient (Wildman–Crippen LogP) is 5.85. The van der Waals surface area contributed by atoms with Gasteiger partial charge in [0.25, 0.3) is 0 Å². The van der Waals surface area contributed by atoms with Crippen LogP contribution in [0.2, 0.25) is 5.02 Å². The summed E-state index contributed by atoms with van der Waals surface area (Å²) in [6.45, 7) is 5.10. The van der Waals surface area contributed by atoms with E-state index in [1.165, 1.54) is 24.3 Å². The number of nitrogens with one attached hydrogen (secondary N) is 1. The van der Waals surface area contributed by atoms with Crippen LogP contribution in [-0.2, 0) is 4.74 Å². The Morgan fingerprint density at radius 3 is 2.67 bits per heavy atom. The summed E-state index contributed by atoms with van der Waals surface area (Å²) in [5.74, 6) is 1.48. The number of piperazine rings is 1. The molecule has 46 heavy (non-hydrogen) atoms. The van der Waals surface area contributed by atoms with E-state index in [9.17, 15) is 9.50 Å². The van der Waals surface area contributed by atoms with E-state index in [0.717, 1.165) is 51.8 Å². The van der Waals surface area contributed by atoms with Crippen molar-refractivity contribution < 1.29 is 23.4 Å². The van der Waals surface area contributed by atoms with E-state index < -0.39 is 11.6 Å². The zero-order valence-corrected chi connectivity index (χ0v) is 26.0. The van der Waals surface area contributed by atoms with Crippen molar-refractivity contribution in [3.8, 4) is 35.2 Å². The molecule has 0 spiro atoms. The Morgan fingerprint density at radius 2 is 1.96 bits per heavy atom. The van der Waals surface area contributed by atoms with Crippen LogP contribution in [0.4, 0.5) is 14.6 Å². The number of nitrogens with zero attached hydrogens (tertiary/aromatic N) is 4. The minimum Gasteiger partial charge on any atom is -0.508 e. The van der Waals surface area contributed by atoms with E-state index in [1.54, 1.807) is 6.07 Å². The van der Waals surface area contributed by atoms with Gasteiger partial charge < -0.3 is 24.8 Å². The van der Waals surface area contributed by atoms with E-state index in [4.69, 9.17) is 32.5 Å². The number of phenolic OH excluding ortho intramolecular Hbond substituents is 1. The SMILES string of the molecule is C#Cc1c(F)ccc2cc(O)cc(-c3c(Cl)cc4c(N5CC6CCC(C5)N6)nc(OCC5(CN6CCCOC6)CC5)nc4c3F)c12. The van der Waals surface area contributed by atoms with Crippen molar-refractivity contribution in [3.63, 3.8) is 0 Å². The first kappa shape index (κ1) is 29.6. The van der Waals surface area contributed by atoms with Crippen molar-refractivity contribution in [1.29, 1.82) is 0 Å². The first-order valence-electron chi connectivity index (χ1n) is 15.9. The Balaban J connectivity index is 1.25. The molecule has 4 aromatic rings.